The Morgan fingerprint density at radius 3 is 2.95 bits per heavy atom. The number of carbonyl (C=O) groups excluding carboxylic acids is 1. The predicted molar refractivity (Wildman–Crippen MR) is 80.3 cm³/mol. The van der Waals surface area contributed by atoms with Gasteiger partial charge in [-0.1, -0.05) is 18.2 Å². The lowest BCUT2D eigenvalue weighted by Crippen LogP contribution is -2.03. The number of rotatable bonds is 1. The summed E-state index contributed by atoms with van der Waals surface area (Å²) in [4.78, 5) is 20.9. The molecule has 0 spiro atoms. The van der Waals surface area contributed by atoms with E-state index in [0.29, 0.717) is 5.56 Å². The second-order valence-corrected chi connectivity index (χ2v) is 5.41. The van der Waals surface area contributed by atoms with Crippen molar-refractivity contribution in [2.75, 3.05) is 7.11 Å². The lowest BCUT2D eigenvalue weighted by molar-refractivity contribution is 0.0605. The van der Waals surface area contributed by atoms with Crippen molar-refractivity contribution in [1.29, 1.82) is 0 Å². The number of aromatic amines is 1. The molecular weight excluding hydrogens is 272 g/mol. The summed E-state index contributed by atoms with van der Waals surface area (Å²) in [6.45, 7) is 0. The molecule has 0 aliphatic carbocycles. The Morgan fingerprint density at radius 2 is 2.10 bits per heavy atom. The number of thiophene rings is 1. The normalized spacial score (nSPS) is 11.4. The fraction of sp³-hybridized carbons (Fsp3) is 0.0667. The standard InChI is InChI=1S/C15H10N2O2S/c1-19-15(18)12-9-6-7-20-14(9)17-13-11(12)8-4-2-3-5-10(8)16-13/h2-7H,1H3,(H,16,17). The maximum Gasteiger partial charge on any atom is 0.339 e. The molecule has 4 rings (SSSR count). The van der Waals surface area contributed by atoms with Crippen LogP contribution in [-0.2, 0) is 4.74 Å². The Labute approximate surface area is 118 Å². The fourth-order valence-electron chi connectivity index (χ4n) is 2.59. The first-order valence-corrected chi connectivity index (χ1v) is 7.03. The number of nitrogens with zero attached hydrogens (tertiary/aromatic N) is 1. The summed E-state index contributed by atoms with van der Waals surface area (Å²) in [5, 5.41) is 4.60. The number of hydrogen-bond donors (Lipinski definition) is 1. The number of pyridine rings is 1. The van der Waals surface area contributed by atoms with E-state index in [1.165, 1.54) is 18.4 Å². The summed E-state index contributed by atoms with van der Waals surface area (Å²) >= 11 is 1.52. The number of benzene rings is 1. The van der Waals surface area contributed by atoms with Crippen LogP contribution in [-0.4, -0.2) is 23.0 Å². The summed E-state index contributed by atoms with van der Waals surface area (Å²) < 4.78 is 4.96. The largest absolute Gasteiger partial charge is 0.465 e. The number of hydrogen-bond acceptors (Lipinski definition) is 4. The zero-order valence-electron chi connectivity index (χ0n) is 10.6. The van der Waals surface area contributed by atoms with Crippen molar-refractivity contribution < 1.29 is 9.53 Å². The number of esters is 1. The number of para-hydroxylation sites is 1. The number of nitrogens with one attached hydrogen (secondary N) is 1. The Hall–Kier alpha value is -2.40. The smallest absolute Gasteiger partial charge is 0.339 e. The van der Waals surface area contributed by atoms with Gasteiger partial charge in [-0.05, 0) is 17.5 Å². The van der Waals surface area contributed by atoms with Gasteiger partial charge in [0, 0.05) is 21.7 Å². The van der Waals surface area contributed by atoms with Gasteiger partial charge in [0.2, 0.25) is 0 Å². The van der Waals surface area contributed by atoms with E-state index >= 15 is 0 Å². The monoisotopic (exact) mass is 282 g/mol. The molecule has 1 aromatic carbocycles. The van der Waals surface area contributed by atoms with Crippen LogP contribution in [0.2, 0.25) is 0 Å². The molecule has 0 radical (unpaired) electrons. The van der Waals surface area contributed by atoms with Crippen molar-refractivity contribution in [2.24, 2.45) is 0 Å². The molecule has 3 heterocycles. The molecule has 0 saturated carbocycles. The van der Waals surface area contributed by atoms with Gasteiger partial charge in [0.15, 0.2) is 0 Å². The van der Waals surface area contributed by atoms with E-state index < -0.39 is 0 Å². The molecule has 0 aliphatic rings. The molecule has 0 saturated heterocycles. The van der Waals surface area contributed by atoms with Crippen LogP contribution in [0.5, 0.6) is 0 Å². The minimum absolute atomic E-state index is 0.328. The molecule has 0 fully saturated rings. The van der Waals surface area contributed by atoms with Crippen LogP contribution in [0.15, 0.2) is 35.7 Å². The zero-order chi connectivity index (χ0) is 13.7. The molecule has 5 heteroatoms. The fourth-order valence-corrected chi connectivity index (χ4v) is 3.37. The topological polar surface area (TPSA) is 55.0 Å². The number of methoxy groups -OCH3 is 1. The highest BCUT2D eigenvalue weighted by Gasteiger charge is 2.20. The van der Waals surface area contributed by atoms with Crippen molar-refractivity contribution in [3.8, 4) is 0 Å². The molecule has 0 amide bonds. The van der Waals surface area contributed by atoms with Gasteiger partial charge in [-0.25, -0.2) is 9.78 Å². The maximum absolute atomic E-state index is 12.2. The highest BCUT2D eigenvalue weighted by atomic mass is 32.1. The van der Waals surface area contributed by atoms with Gasteiger partial charge in [-0.3, -0.25) is 0 Å². The second-order valence-electron chi connectivity index (χ2n) is 4.51. The van der Waals surface area contributed by atoms with Crippen molar-refractivity contribution >= 4 is 49.5 Å². The first kappa shape index (κ1) is 11.4. The minimum Gasteiger partial charge on any atom is -0.465 e. The third kappa shape index (κ3) is 1.41. The van der Waals surface area contributed by atoms with Gasteiger partial charge in [0.1, 0.15) is 10.5 Å². The minimum atomic E-state index is -0.328. The van der Waals surface area contributed by atoms with E-state index in [-0.39, 0.29) is 5.97 Å². The maximum atomic E-state index is 12.2. The van der Waals surface area contributed by atoms with E-state index in [1.54, 1.807) is 0 Å². The van der Waals surface area contributed by atoms with Crippen molar-refractivity contribution in [3.63, 3.8) is 0 Å². The third-order valence-corrected chi connectivity index (χ3v) is 4.26. The average molecular weight is 282 g/mol. The molecule has 3 aromatic heterocycles. The van der Waals surface area contributed by atoms with Crippen LogP contribution < -0.4 is 0 Å². The van der Waals surface area contributed by atoms with Crippen molar-refractivity contribution in [1.82, 2.24) is 9.97 Å². The molecule has 0 atom stereocenters. The zero-order valence-corrected chi connectivity index (χ0v) is 11.5. The Kier molecular flexibility index (Phi) is 2.31. The Morgan fingerprint density at radius 1 is 1.25 bits per heavy atom. The molecule has 1 N–H and O–H groups in total. The average Bonchev–Trinajstić information content (AvgIpc) is 3.07. The molecule has 98 valence electrons. The number of H-pyrrole nitrogens is 1. The van der Waals surface area contributed by atoms with Gasteiger partial charge in [-0.2, -0.15) is 0 Å². The lowest BCUT2D eigenvalue weighted by atomic mass is 10.1. The summed E-state index contributed by atoms with van der Waals surface area (Å²) in [7, 11) is 1.40. The summed E-state index contributed by atoms with van der Waals surface area (Å²) in [6.07, 6.45) is 0. The van der Waals surface area contributed by atoms with Crippen LogP contribution in [0.1, 0.15) is 10.4 Å². The molecule has 0 unspecified atom stereocenters. The van der Waals surface area contributed by atoms with Gasteiger partial charge in [0.05, 0.1) is 12.7 Å². The third-order valence-electron chi connectivity index (χ3n) is 3.45. The highest BCUT2D eigenvalue weighted by Crippen LogP contribution is 2.34. The number of carbonyl (C=O) groups is 1. The second kappa shape index (κ2) is 4.05. The van der Waals surface area contributed by atoms with E-state index in [0.717, 1.165) is 32.2 Å². The predicted octanol–water partition coefficient (Wildman–Crippen LogP) is 3.72. The van der Waals surface area contributed by atoms with E-state index in [1.807, 2.05) is 35.7 Å². The van der Waals surface area contributed by atoms with Gasteiger partial charge in [-0.15, -0.1) is 11.3 Å². The molecule has 20 heavy (non-hydrogen) atoms. The highest BCUT2D eigenvalue weighted by molar-refractivity contribution is 7.16. The summed E-state index contributed by atoms with van der Waals surface area (Å²) in [5.74, 6) is -0.328. The Bertz CT molecular complexity index is 968. The molecule has 4 aromatic rings. The van der Waals surface area contributed by atoms with Gasteiger partial charge in [0.25, 0.3) is 0 Å². The lowest BCUT2D eigenvalue weighted by Gasteiger charge is -2.03. The summed E-state index contributed by atoms with van der Waals surface area (Å²) in [6, 6.07) is 9.79. The van der Waals surface area contributed by atoms with E-state index in [2.05, 4.69) is 9.97 Å². The quantitative estimate of drug-likeness (QED) is 0.541. The number of ether oxygens (including phenoxy) is 1. The van der Waals surface area contributed by atoms with Gasteiger partial charge < -0.3 is 9.72 Å². The van der Waals surface area contributed by atoms with Crippen molar-refractivity contribution in [3.05, 3.63) is 41.3 Å². The first-order valence-electron chi connectivity index (χ1n) is 6.15. The molecular formula is C15H10N2O2S. The van der Waals surface area contributed by atoms with Crippen LogP contribution in [0.25, 0.3) is 32.2 Å². The first-order chi connectivity index (χ1) is 9.79. The van der Waals surface area contributed by atoms with Crippen LogP contribution in [0.4, 0.5) is 0 Å². The molecule has 4 nitrogen and oxygen atoms in total. The van der Waals surface area contributed by atoms with Gasteiger partial charge >= 0.3 is 5.97 Å². The van der Waals surface area contributed by atoms with E-state index in [9.17, 15) is 4.79 Å². The van der Waals surface area contributed by atoms with Crippen LogP contribution >= 0.6 is 11.3 Å². The van der Waals surface area contributed by atoms with Crippen LogP contribution in [0.3, 0.4) is 0 Å². The Balaban J connectivity index is 2.31. The van der Waals surface area contributed by atoms with Crippen molar-refractivity contribution in [2.45, 2.75) is 0 Å². The number of aromatic nitrogens is 2. The SMILES string of the molecule is COC(=O)c1c2ccsc2nc2[nH]c3ccccc3c12. The summed E-state index contributed by atoms with van der Waals surface area (Å²) in [5.41, 5.74) is 2.28. The number of fused-ring (bicyclic) bond motifs is 4. The van der Waals surface area contributed by atoms with E-state index in [4.69, 9.17) is 4.74 Å². The van der Waals surface area contributed by atoms with Crippen LogP contribution in [0, 0.1) is 0 Å². The molecule has 0 bridgehead atoms. The molecule has 0 aliphatic heterocycles.